The monoisotopic (exact) mass is 474 g/mol. The van der Waals surface area contributed by atoms with Gasteiger partial charge in [0.25, 0.3) is 5.91 Å². The molecule has 35 heavy (non-hydrogen) atoms. The Morgan fingerprint density at radius 2 is 1.63 bits per heavy atom. The number of tetrazole rings is 1. The van der Waals surface area contributed by atoms with Crippen molar-refractivity contribution in [2.45, 2.75) is 12.8 Å². The lowest BCUT2D eigenvalue weighted by Gasteiger charge is -2.34. The van der Waals surface area contributed by atoms with E-state index in [2.05, 4.69) is 20.8 Å². The summed E-state index contributed by atoms with van der Waals surface area (Å²) in [6.07, 6.45) is 1.41. The first-order chi connectivity index (χ1) is 17.1. The fourth-order valence-corrected chi connectivity index (χ4v) is 4.36. The van der Waals surface area contributed by atoms with Gasteiger partial charge in [-0.2, -0.15) is 4.68 Å². The Balaban J connectivity index is 1.12. The van der Waals surface area contributed by atoms with E-state index in [1.165, 1.54) is 0 Å². The molecule has 0 unspecified atom stereocenters. The van der Waals surface area contributed by atoms with Crippen molar-refractivity contribution in [3.05, 3.63) is 60.2 Å². The number of aromatic nitrogens is 4. The van der Waals surface area contributed by atoms with Gasteiger partial charge in [0, 0.05) is 50.4 Å². The molecule has 11 heteroatoms. The maximum atomic E-state index is 12.7. The van der Waals surface area contributed by atoms with Crippen molar-refractivity contribution in [1.82, 2.24) is 30.4 Å². The number of hydrogen-bond acceptors (Lipinski definition) is 7. The molecule has 2 aromatic carbocycles. The largest absolute Gasteiger partial charge is 0.343 e. The highest BCUT2D eigenvalue weighted by Gasteiger charge is 2.25. The molecule has 0 aliphatic carbocycles. The van der Waals surface area contributed by atoms with Crippen molar-refractivity contribution in [2.24, 2.45) is 0 Å². The summed E-state index contributed by atoms with van der Waals surface area (Å²) in [5, 5.41) is 14.8. The van der Waals surface area contributed by atoms with Crippen LogP contribution in [0.15, 0.2) is 54.6 Å². The maximum Gasteiger partial charge on any atom is 0.251 e. The zero-order valence-corrected chi connectivity index (χ0v) is 19.2. The summed E-state index contributed by atoms with van der Waals surface area (Å²) in [6.45, 7) is 2.82. The molecule has 0 spiro atoms. The number of anilines is 2. The lowest BCUT2D eigenvalue weighted by atomic mass is 10.2. The van der Waals surface area contributed by atoms with E-state index in [9.17, 15) is 14.4 Å². The molecule has 0 radical (unpaired) electrons. The lowest BCUT2D eigenvalue weighted by Crippen LogP contribution is -2.51. The summed E-state index contributed by atoms with van der Waals surface area (Å²) >= 11 is 0. The number of carbonyl (C=O) groups excluding carboxylic acids is 3. The normalized spacial score (nSPS) is 16.0. The van der Waals surface area contributed by atoms with Crippen LogP contribution in [0, 0.1) is 0 Å². The highest BCUT2D eigenvalue weighted by Crippen LogP contribution is 2.21. The Hall–Kier alpha value is -4.28. The maximum absolute atomic E-state index is 12.7. The molecule has 11 nitrogen and oxygen atoms in total. The third-order valence-corrected chi connectivity index (χ3v) is 6.28. The van der Waals surface area contributed by atoms with Crippen LogP contribution in [0.4, 0.5) is 11.6 Å². The smallest absolute Gasteiger partial charge is 0.251 e. The molecule has 0 bridgehead atoms. The molecule has 3 heterocycles. The number of carbonyl (C=O) groups is 3. The van der Waals surface area contributed by atoms with Gasteiger partial charge in [-0.25, -0.2) is 0 Å². The average molecular weight is 475 g/mol. The van der Waals surface area contributed by atoms with Gasteiger partial charge >= 0.3 is 0 Å². The summed E-state index contributed by atoms with van der Waals surface area (Å²) in [7, 11) is 0. The Labute approximate surface area is 202 Å². The second kappa shape index (κ2) is 9.92. The summed E-state index contributed by atoms with van der Waals surface area (Å²) in [6, 6.07) is 16.5. The minimum atomic E-state index is -0.321. The van der Waals surface area contributed by atoms with E-state index in [0.29, 0.717) is 50.7 Å². The van der Waals surface area contributed by atoms with Gasteiger partial charge in [-0.15, -0.1) is 0 Å². The fraction of sp³-hybridized carbons (Fsp3) is 0.333. The van der Waals surface area contributed by atoms with Gasteiger partial charge in [-0.05, 0) is 53.2 Å². The highest BCUT2D eigenvalue weighted by atomic mass is 16.2. The molecular weight excluding hydrogens is 448 g/mol. The van der Waals surface area contributed by atoms with Crippen LogP contribution in [0.1, 0.15) is 23.2 Å². The van der Waals surface area contributed by atoms with Gasteiger partial charge in [0.15, 0.2) is 0 Å². The zero-order chi connectivity index (χ0) is 24.2. The van der Waals surface area contributed by atoms with Gasteiger partial charge in [-0.3, -0.25) is 14.4 Å². The van der Waals surface area contributed by atoms with Gasteiger partial charge in [0.1, 0.15) is 0 Å². The highest BCUT2D eigenvalue weighted by molar-refractivity contribution is 5.98. The Kier molecular flexibility index (Phi) is 6.38. The molecule has 2 fully saturated rings. The molecule has 2 aliphatic heterocycles. The summed E-state index contributed by atoms with van der Waals surface area (Å²) in [5.41, 5.74) is 2.11. The van der Waals surface area contributed by atoms with Crippen LogP contribution >= 0.6 is 0 Å². The molecule has 5 rings (SSSR count). The van der Waals surface area contributed by atoms with Gasteiger partial charge in [0.2, 0.25) is 17.8 Å². The van der Waals surface area contributed by atoms with E-state index in [4.69, 9.17) is 0 Å². The van der Waals surface area contributed by atoms with E-state index in [0.717, 1.165) is 17.8 Å². The number of benzene rings is 2. The van der Waals surface area contributed by atoms with E-state index in [1.807, 2.05) is 35.2 Å². The SMILES string of the molecule is O=C(NCC(=O)N1CCN(c2nnnn2-c2ccccc2)CC1)c1ccc(N2CCCC2=O)cc1. The van der Waals surface area contributed by atoms with Crippen molar-refractivity contribution in [3.63, 3.8) is 0 Å². The van der Waals surface area contributed by atoms with Gasteiger partial charge in [-0.1, -0.05) is 23.3 Å². The molecule has 180 valence electrons. The van der Waals surface area contributed by atoms with Crippen molar-refractivity contribution >= 4 is 29.4 Å². The first kappa shape index (κ1) is 22.5. The first-order valence-corrected chi connectivity index (χ1v) is 11.7. The molecular formula is C24H26N8O3. The zero-order valence-electron chi connectivity index (χ0n) is 19.2. The second-order valence-electron chi connectivity index (χ2n) is 8.47. The van der Waals surface area contributed by atoms with Crippen LogP contribution in [-0.2, 0) is 9.59 Å². The third-order valence-electron chi connectivity index (χ3n) is 6.28. The molecule has 2 aliphatic rings. The first-order valence-electron chi connectivity index (χ1n) is 11.7. The molecule has 0 saturated carbocycles. The molecule has 3 aromatic rings. The summed E-state index contributed by atoms with van der Waals surface area (Å²) < 4.78 is 1.68. The van der Waals surface area contributed by atoms with E-state index >= 15 is 0 Å². The molecule has 0 atom stereocenters. The van der Waals surface area contributed by atoms with Crippen molar-refractivity contribution in [3.8, 4) is 5.69 Å². The van der Waals surface area contributed by atoms with Crippen LogP contribution in [0.3, 0.4) is 0 Å². The quantitative estimate of drug-likeness (QED) is 0.563. The van der Waals surface area contributed by atoms with Crippen LogP contribution in [0.2, 0.25) is 0 Å². The molecule has 2 saturated heterocycles. The van der Waals surface area contributed by atoms with E-state index in [1.54, 1.807) is 38.7 Å². The minimum absolute atomic E-state index is 0.0764. The van der Waals surface area contributed by atoms with Crippen LogP contribution in [0.25, 0.3) is 5.69 Å². The van der Waals surface area contributed by atoms with Crippen LogP contribution in [-0.4, -0.2) is 82.1 Å². The van der Waals surface area contributed by atoms with Crippen molar-refractivity contribution < 1.29 is 14.4 Å². The topological polar surface area (TPSA) is 117 Å². The van der Waals surface area contributed by atoms with Gasteiger partial charge in [0.05, 0.1) is 12.2 Å². The summed E-state index contributed by atoms with van der Waals surface area (Å²) in [5.74, 6) is 0.276. The predicted molar refractivity (Wildman–Crippen MR) is 128 cm³/mol. The van der Waals surface area contributed by atoms with E-state index in [-0.39, 0.29) is 24.3 Å². The summed E-state index contributed by atoms with van der Waals surface area (Å²) in [4.78, 5) is 42.6. The standard InChI is InChI=1S/C24H26N8O3/c33-21-7-4-12-31(21)19-10-8-18(9-11-19)23(35)25-17-22(34)29-13-15-30(16-14-29)24-26-27-28-32(24)20-5-2-1-3-6-20/h1-3,5-6,8-11H,4,7,12-17H2,(H,25,35). The second-order valence-corrected chi connectivity index (χ2v) is 8.47. The number of rotatable bonds is 6. The van der Waals surface area contributed by atoms with E-state index < -0.39 is 0 Å². The molecule has 3 amide bonds. The number of hydrogen-bond donors (Lipinski definition) is 1. The molecule has 1 aromatic heterocycles. The number of amides is 3. The van der Waals surface area contributed by atoms with Crippen LogP contribution in [0.5, 0.6) is 0 Å². The minimum Gasteiger partial charge on any atom is -0.343 e. The van der Waals surface area contributed by atoms with Crippen molar-refractivity contribution in [1.29, 1.82) is 0 Å². The Morgan fingerprint density at radius 3 is 2.31 bits per heavy atom. The third kappa shape index (κ3) is 4.84. The Bertz CT molecular complexity index is 1200. The van der Waals surface area contributed by atoms with Crippen molar-refractivity contribution in [2.75, 3.05) is 49.1 Å². The fourth-order valence-electron chi connectivity index (χ4n) is 4.36. The predicted octanol–water partition coefficient (Wildman–Crippen LogP) is 0.868. The lowest BCUT2D eigenvalue weighted by molar-refractivity contribution is -0.130. The number of nitrogens with zero attached hydrogens (tertiary/aromatic N) is 7. The number of nitrogens with one attached hydrogen (secondary N) is 1. The Morgan fingerprint density at radius 1 is 0.886 bits per heavy atom. The molecule has 1 N–H and O–H groups in total. The van der Waals surface area contributed by atoms with Gasteiger partial charge < -0.3 is 20.0 Å². The number of piperazine rings is 1. The number of para-hydroxylation sites is 1. The average Bonchev–Trinajstić information content (AvgIpc) is 3.57. The van der Waals surface area contributed by atoms with Crippen LogP contribution < -0.4 is 15.1 Å².